The summed E-state index contributed by atoms with van der Waals surface area (Å²) >= 11 is 0. The molecule has 0 radical (unpaired) electrons. The fourth-order valence-electron chi connectivity index (χ4n) is 1.12. The Morgan fingerprint density at radius 3 is 3.17 bits per heavy atom. The predicted octanol–water partition coefficient (Wildman–Crippen LogP) is 1.31. The molecule has 0 bridgehead atoms. The molecule has 0 aliphatic heterocycles. The smallest absolute Gasteiger partial charge is 0.129 e. The Balaban J connectivity index is 2.46. The normalized spacial score (nSPS) is 10.8. The van der Waals surface area contributed by atoms with Gasteiger partial charge < -0.3 is 0 Å². The van der Waals surface area contributed by atoms with Gasteiger partial charge in [-0.3, -0.25) is 5.10 Å². The topological polar surface area (TPSA) is 54.5 Å². The number of aryl methyl sites for hydroxylation is 1. The Hall–Kier alpha value is -1.45. The molecule has 0 saturated heterocycles. The Morgan fingerprint density at radius 2 is 2.33 bits per heavy atom. The third kappa shape index (κ3) is 1.15. The van der Waals surface area contributed by atoms with Crippen LogP contribution in [0.4, 0.5) is 0 Å². The number of rotatable bonds is 2. The van der Waals surface area contributed by atoms with Crippen molar-refractivity contribution in [2.24, 2.45) is 0 Å². The van der Waals surface area contributed by atoms with Crippen molar-refractivity contribution in [1.82, 2.24) is 20.2 Å². The molecule has 2 rings (SSSR count). The maximum Gasteiger partial charge on any atom is 0.129 e. The molecule has 0 aromatic carbocycles. The average Bonchev–Trinajstić information content (AvgIpc) is 2.51. The quantitative estimate of drug-likeness (QED) is 0.724. The molecule has 0 aliphatic rings. The maximum absolute atomic E-state index is 4.32. The number of fused-ring (bicyclic) bond motifs is 1. The molecular formula is C8H10N4. The van der Waals surface area contributed by atoms with Crippen LogP contribution in [0, 0.1) is 0 Å². The van der Waals surface area contributed by atoms with E-state index in [-0.39, 0.29) is 0 Å². The van der Waals surface area contributed by atoms with E-state index >= 15 is 0 Å². The first-order valence-corrected chi connectivity index (χ1v) is 4.05. The van der Waals surface area contributed by atoms with Gasteiger partial charge in [0.2, 0.25) is 0 Å². The van der Waals surface area contributed by atoms with Gasteiger partial charge >= 0.3 is 0 Å². The zero-order valence-electron chi connectivity index (χ0n) is 6.91. The van der Waals surface area contributed by atoms with Crippen molar-refractivity contribution in [2.75, 3.05) is 0 Å². The lowest BCUT2D eigenvalue weighted by Crippen LogP contribution is -1.92. The fourth-order valence-corrected chi connectivity index (χ4v) is 1.12. The van der Waals surface area contributed by atoms with Gasteiger partial charge in [-0.2, -0.15) is 5.10 Å². The second-order valence-electron chi connectivity index (χ2n) is 2.71. The number of aromatic nitrogens is 4. The minimum atomic E-state index is 0.895. The van der Waals surface area contributed by atoms with Crippen molar-refractivity contribution in [1.29, 1.82) is 0 Å². The molecular weight excluding hydrogens is 152 g/mol. The molecule has 1 N–H and O–H groups in total. The summed E-state index contributed by atoms with van der Waals surface area (Å²) in [5, 5.41) is 6.69. The average molecular weight is 162 g/mol. The minimum absolute atomic E-state index is 0.895. The van der Waals surface area contributed by atoms with E-state index in [0.29, 0.717) is 0 Å². The van der Waals surface area contributed by atoms with Gasteiger partial charge in [0, 0.05) is 6.42 Å². The second kappa shape index (κ2) is 2.89. The molecule has 0 saturated carbocycles. The van der Waals surface area contributed by atoms with Gasteiger partial charge in [0.15, 0.2) is 0 Å². The molecule has 0 aliphatic carbocycles. The molecule has 62 valence electrons. The summed E-state index contributed by atoms with van der Waals surface area (Å²) in [7, 11) is 0. The highest BCUT2D eigenvalue weighted by Crippen LogP contribution is 2.06. The highest BCUT2D eigenvalue weighted by Gasteiger charge is 1.99. The van der Waals surface area contributed by atoms with E-state index in [0.717, 1.165) is 29.7 Å². The minimum Gasteiger partial charge on any atom is -0.275 e. The summed E-state index contributed by atoms with van der Waals surface area (Å²) in [4.78, 5) is 8.51. The SMILES string of the molecule is CCCc1ncc2[nH]ncc2n1. The van der Waals surface area contributed by atoms with Crippen LogP contribution in [-0.4, -0.2) is 20.2 Å². The van der Waals surface area contributed by atoms with Gasteiger partial charge in [-0.05, 0) is 6.42 Å². The summed E-state index contributed by atoms with van der Waals surface area (Å²) in [6.45, 7) is 2.11. The Morgan fingerprint density at radius 1 is 1.42 bits per heavy atom. The van der Waals surface area contributed by atoms with Crippen LogP contribution in [0.3, 0.4) is 0 Å². The maximum atomic E-state index is 4.32. The fraction of sp³-hybridized carbons (Fsp3) is 0.375. The number of aromatic amines is 1. The lowest BCUT2D eigenvalue weighted by molar-refractivity contribution is 0.844. The predicted molar refractivity (Wildman–Crippen MR) is 45.7 cm³/mol. The molecule has 4 nitrogen and oxygen atoms in total. The van der Waals surface area contributed by atoms with E-state index in [1.165, 1.54) is 0 Å². The van der Waals surface area contributed by atoms with Crippen molar-refractivity contribution >= 4 is 11.0 Å². The van der Waals surface area contributed by atoms with E-state index < -0.39 is 0 Å². The largest absolute Gasteiger partial charge is 0.275 e. The first kappa shape index (κ1) is 7.21. The molecule has 0 fully saturated rings. The van der Waals surface area contributed by atoms with Gasteiger partial charge in [-0.15, -0.1) is 0 Å². The van der Waals surface area contributed by atoms with Crippen LogP contribution in [0.25, 0.3) is 11.0 Å². The number of H-pyrrole nitrogens is 1. The van der Waals surface area contributed by atoms with Gasteiger partial charge in [0.05, 0.1) is 12.4 Å². The number of nitrogens with one attached hydrogen (secondary N) is 1. The Bertz CT molecular complexity index is 379. The molecule has 0 amide bonds. The summed E-state index contributed by atoms with van der Waals surface area (Å²) < 4.78 is 0. The van der Waals surface area contributed by atoms with Crippen LogP contribution in [0.5, 0.6) is 0 Å². The lowest BCUT2D eigenvalue weighted by Gasteiger charge is -1.94. The molecule has 0 spiro atoms. The Kier molecular flexibility index (Phi) is 1.74. The van der Waals surface area contributed by atoms with Crippen molar-refractivity contribution in [3.8, 4) is 0 Å². The molecule has 0 atom stereocenters. The van der Waals surface area contributed by atoms with Crippen molar-refractivity contribution in [2.45, 2.75) is 19.8 Å². The van der Waals surface area contributed by atoms with E-state index in [1.807, 2.05) is 0 Å². The monoisotopic (exact) mass is 162 g/mol. The standard InChI is InChI=1S/C8H10N4/c1-2-3-8-9-4-7-6(11-8)5-10-12-7/h4-5H,2-3H2,1H3,(H,10,12). The molecule has 2 heterocycles. The lowest BCUT2D eigenvalue weighted by atomic mass is 10.3. The molecule has 12 heavy (non-hydrogen) atoms. The third-order valence-electron chi connectivity index (χ3n) is 1.71. The second-order valence-corrected chi connectivity index (χ2v) is 2.71. The Labute approximate surface area is 70.0 Å². The van der Waals surface area contributed by atoms with Crippen molar-refractivity contribution in [3.63, 3.8) is 0 Å². The third-order valence-corrected chi connectivity index (χ3v) is 1.71. The van der Waals surface area contributed by atoms with Crippen LogP contribution in [0.15, 0.2) is 12.4 Å². The van der Waals surface area contributed by atoms with Gasteiger partial charge in [0.1, 0.15) is 16.9 Å². The molecule has 2 aromatic heterocycles. The van der Waals surface area contributed by atoms with E-state index in [4.69, 9.17) is 0 Å². The van der Waals surface area contributed by atoms with E-state index in [9.17, 15) is 0 Å². The van der Waals surface area contributed by atoms with Crippen molar-refractivity contribution in [3.05, 3.63) is 18.2 Å². The van der Waals surface area contributed by atoms with Gasteiger partial charge in [0.25, 0.3) is 0 Å². The van der Waals surface area contributed by atoms with Crippen LogP contribution >= 0.6 is 0 Å². The van der Waals surface area contributed by atoms with Gasteiger partial charge in [-0.1, -0.05) is 6.92 Å². The first-order valence-electron chi connectivity index (χ1n) is 4.05. The summed E-state index contributed by atoms with van der Waals surface area (Å²) in [6, 6.07) is 0. The molecule has 2 aromatic rings. The van der Waals surface area contributed by atoms with E-state index in [2.05, 4.69) is 27.1 Å². The zero-order chi connectivity index (χ0) is 8.39. The van der Waals surface area contributed by atoms with Crippen LogP contribution in [-0.2, 0) is 6.42 Å². The van der Waals surface area contributed by atoms with Crippen LogP contribution in [0.1, 0.15) is 19.2 Å². The first-order chi connectivity index (χ1) is 5.90. The summed E-state index contributed by atoms with van der Waals surface area (Å²) in [5.74, 6) is 0.895. The zero-order valence-corrected chi connectivity index (χ0v) is 6.91. The van der Waals surface area contributed by atoms with Crippen LogP contribution < -0.4 is 0 Å². The summed E-state index contributed by atoms with van der Waals surface area (Å²) in [6.07, 6.45) is 5.50. The highest BCUT2D eigenvalue weighted by atomic mass is 15.1. The van der Waals surface area contributed by atoms with Crippen molar-refractivity contribution < 1.29 is 0 Å². The number of hydrogen-bond acceptors (Lipinski definition) is 3. The molecule has 0 unspecified atom stereocenters. The van der Waals surface area contributed by atoms with E-state index in [1.54, 1.807) is 12.4 Å². The van der Waals surface area contributed by atoms with Gasteiger partial charge in [-0.25, -0.2) is 9.97 Å². The number of nitrogens with zero attached hydrogens (tertiary/aromatic N) is 3. The molecule has 4 heteroatoms. The summed E-state index contributed by atoms with van der Waals surface area (Å²) in [5.41, 5.74) is 1.79. The highest BCUT2D eigenvalue weighted by molar-refractivity contribution is 5.71. The number of hydrogen-bond donors (Lipinski definition) is 1. The van der Waals surface area contributed by atoms with Crippen LogP contribution in [0.2, 0.25) is 0 Å².